The van der Waals surface area contributed by atoms with Gasteiger partial charge in [0, 0.05) is 23.2 Å². The number of nitrogens with zero attached hydrogens (tertiary/aromatic N) is 5. The highest BCUT2D eigenvalue weighted by molar-refractivity contribution is 7.90. The van der Waals surface area contributed by atoms with Crippen LogP contribution in [0, 0.1) is 0 Å². The molecule has 1 aliphatic carbocycles. The lowest BCUT2D eigenvalue weighted by Crippen LogP contribution is -2.36. The van der Waals surface area contributed by atoms with E-state index in [1.54, 1.807) is 29.8 Å². The zero-order valence-corrected chi connectivity index (χ0v) is 30.3. The summed E-state index contributed by atoms with van der Waals surface area (Å²) in [5.74, 6) is -2.90. The van der Waals surface area contributed by atoms with Crippen LogP contribution >= 0.6 is 23.2 Å². The lowest BCUT2D eigenvalue weighted by Gasteiger charge is -2.16. The second kappa shape index (κ2) is 16.7. The van der Waals surface area contributed by atoms with E-state index < -0.39 is 38.6 Å². The van der Waals surface area contributed by atoms with Crippen molar-refractivity contribution in [3.63, 3.8) is 0 Å². The number of carboxylic acids is 1. The fourth-order valence-corrected chi connectivity index (χ4v) is 6.57. The highest BCUT2D eigenvalue weighted by atomic mass is 35.5. The van der Waals surface area contributed by atoms with E-state index in [0.29, 0.717) is 40.3 Å². The molecule has 0 unspecified atom stereocenters. The van der Waals surface area contributed by atoms with Gasteiger partial charge in [0.25, 0.3) is 21.8 Å². The molecule has 0 saturated carbocycles. The number of imide groups is 1. The predicted octanol–water partition coefficient (Wildman–Crippen LogP) is 3.66. The monoisotopic (exact) mass is 779 g/mol. The summed E-state index contributed by atoms with van der Waals surface area (Å²) in [5, 5.41) is 14.2. The van der Waals surface area contributed by atoms with Gasteiger partial charge in [0.05, 0.1) is 38.8 Å². The zero-order chi connectivity index (χ0) is 38.3. The Morgan fingerprint density at radius 3 is 2.15 bits per heavy atom. The van der Waals surface area contributed by atoms with E-state index in [4.69, 9.17) is 42.5 Å². The Bertz CT molecular complexity index is 2070. The topological polar surface area (TPSA) is 238 Å². The Morgan fingerprint density at radius 1 is 1.02 bits per heavy atom. The number of benzene rings is 1. The maximum absolute atomic E-state index is 12.7. The first-order chi connectivity index (χ1) is 24.6. The number of aryl methyl sites for hydroxylation is 1. The number of carbonyl (C=O) groups excluding carboxylic acids is 4. The lowest BCUT2D eigenvalue weighted by atomic mass is 9.93. The number of nitrogens with one attached hydrogen (secondary N) is 2. The third kappa shape index (κ3) is 8.85. The van der Waals surface area contributed by atoms with Crippen molar-refractivity contribution < 1.29 is 51.7 Å². The fraction of sp³-hybridized carbons (Fsp3) is 0.290. The molecular formula is C31H31Cl2N7O11S. The van der Waals surface area contributed by atoms with Crippen LogP contribution in [0.25, 0.3) is 6.08 Å². The average Bonchev–Trinajstić information content (AvgIpc) is 3.63. The van der Waals surface area contributed by atoms with Gasteiger partial charge in [-0.2, -0.15) is 23.5 Å². The number of anilines is 2. The standard InChI is InChI=1S/C19H17Cl2NO4.C12H14N6O7S/c1-2-26-19(25)16(21)10-11-9-12(7-8-15(11)20)22-17(23)13-5-3-4-6-14(13)18(22)24;1-18-9(6(5-13-18)10(19)20)26(22,23)17-12(21)16-11-14-7(24-2)4-8(15-11)25-3/h7-10H,2-6H2,1H3;4-5H,1-3H3,(H,19,20)(H2,14,15,16,17,21)/b16-10-;. The number of ether oxygens (including phenoxy) is 3. The molecule has 2 aliphatic rings. The lowest BCUT2D eigenvalue weighted by molar-refractivity contribution is -0.137. The molecule has 0 atom stereocenters. The summed E-state index contributed by atoms with van der Waals surface area (Å²) in [6, 6.07) is 4.85. The van der Waals surface area contributed by atoms with Gasteiger partial charge in [0.15, 0.2) is 5.03 Å². The number of hydrogen-bond donors (Lipinski definition) is 3. The molecule has 1 aromatic carbocycles. The smallest absolute Gasteiger partial charge is 0.349 e. The van der Waals surface area contributed by atoms with Gasteiger partial charge in [-0.1, -0.05) is 23.2 Å². The SMILES string of the molecule is CCOC(=O)/C(Cl)=C/c1cc(N2C(=O)C3=C(CCCC3)C2=O)ccc1Cl.COc1cc(OC)nc(NC(=O)NS(=O)(=O)c2c(C(=O)O)cnn2C)n1. The Hall–Kier alpha value is -5.53. The first-order valence-electron chi connectivity index (χ1n) is 15.1. The third-order valence-corrected chi connectivity index (χ3v) is 9.35. The van der Waals surface area contributed by atoms with Gasteiger partial charge in [-0.25, -0.2) is 24.0 Å². The molecule has 0 spiro atoms. The summed E-state index contributed by atoms with van der Waals surface area (Å²) in [5.41, 5.74) is 1.45. The van der Waals surface area contributed by atoms with Gasteiger partial charge in [-0.05, 0) is 62.4 Å². The van der Waals surface area contributed by atoms with Crippen LogP contribution < -0.4 is 24.4 Å². The van der Waals surface area contributed by atoms with Gasteiger partial charge in [-0.3, -0.25) is 19.6 Å². The van der Waals surface area contributed by atoms with Crippen LogP contribution in [-0.4, -0.2) is 83.9 Å². The highest BCUT2D eigenvalue weighted by Gasteiger charge is 2.39. The number of sulfonamides is 1. The number of methoxy groups -OCH3 is 2. The maximum atomic E-state index is 12.7. The van der Waals surface area contributed by atoms with Gasteiger partial charge in [0.2, 0.25) is 17.7 Å². The van der Waals surface area contributed by atoms with Gasteiger partial charge in [-0.15, -0.1) is 0 Å². The number of rotatable bonds is 10. The molecule has 2 aromatic heterocycles. The van der Waals surface area contributed by atoms with Crippen molar-refractivity contribution in [3.05, 3.63) is 62.8 Å². The molecule has 0 bridgehead atoms. The van der Waals surface area contributed by atoms with E-state index in [9.17, 15) is 32.4 Å². The van der Waals surface area contributed by atoms with Crippen LogP contribution in [0.4, 0.5) is 16.4 Å². The Labute approximate surface area is 306 Å². The molecule has 52 heavy (non-hydrogen) atoms. The van der Waals surface area contributed by atoms with E-state index >= 15 is 0 Å². The number of aromatic carboxylic acids is 1. The first-order valence-corrected chi connectivity index (χ1v) is 17.4. The number of hydrogen-bond acceptors (Lipinski definition) is 13. The van der Waals surface area contributed by atoms with E-state index in [1.807, 2.05) is 0 Å². The van der Waals surface area contributed by atoms with Crippen molar-refractivity contribution >= 4 is 80.7 Å². The Kier molecular flexibility index (Phi) is 12.6. The quantitative estimate of drug-likeness (QED) is 0.151. The minimum atomic E-state index is -4.53. The fourth-order valence-electron chi connectivity index (χ4n) is 5.01. The molecule has 276 valence electrons. The number of halogens is 2. The average molecular weight is 781 g/mol. The van der Waals surface area contributed by atoms with E-state index in [-0.39, 0.29) is 41.2 Å². The van der Waals surface area contributed by atoms with Crippen LogP contribution in [0.5, 0.6) is 11.8 Å². The summed E-state index contributed by atoms with van der Waals surface area (Å²) in [6.45, 7) is 1.87. The number of amides is 4. The molecule has 21 heteroatoms. The summed E-state index contributed by atoms with van der Waals surface area (Å²) in [7, 11) is -0.667. The van der Waals surface area contributed by atoms with Crippen LogP contribution in [0.2, 0.25) is 5.02 Å². The summed E-state index contributed by atoms with van der Waals surface area (Å²) >= 11 is 12.1. The molecule has 0 radical (unpaired) electrons. The largest absolute Gasteiger partial charge is 0.481 e. The number of aromatic nitrogens is 4. The number of carbonyl (C=O) groups is 5. The van der Waals surface area contributed by atoms with Gasteiger partial charge in [0.1, 0.15) is 10.6 Å². The number of esters is 1. The van der Waals surface area contributed by atoms with Crippen LogP contribution in [-0.2, 0) is 36.2 Å². The normalized spacial score (nSPS) is 14.3. The molecule has 18 nitrogen and oxygen atoms in total. The van der Waals surface area contributed by atoms with Crippen LogP contribution in [0.3, 0.4) is 0 Å². The Balaban J connectivity index is 0.000000233. The van der Waals surface area contributed by atoms with Crippen molar-refractivity contribution in [1.29, 1.82) is 0 Å². The van der Waals surface area contributed by atoms with E-state index in [0.717, 1.165) is 23.7 Å². The summed E-state index contributed by atoms with van der Waals surface area (Å²) in [6.07, 6.45) is 5.30. The molecule has 3 aromatic rings. The van der Waals surface area contributed by atoms with Crippen LogP contribution in [0.15, 0.2) is 51.7 Å². The molecule has 0 fully saturated rings. The minimum Gasteiger partial charge on any atom is -0.481 e. The van der Waals surface area contributed by atoms with Crippen molar-refractivity contribution in [2.45, 2.75) is 37.6 Å². The van der Waals surface area contributed by atoms with E-state index in [1.165, 1.54) is 38.3 Å². The van der Waals surface area contributed by atoms with E-state index in [2.05, 4.69) is 20.4 Å². The third-order valence-electron chi connectivity index (χ3n) is 7.30. The number of urea groups is 1. The minimum absolute atomic E-state index is 0.0646. The van der Waals surface area contributed by atoms with Crippen molar-refractivity contribution in [2.24, 2.45) is 7.05 Å². The number of carboxylic acid groups (broad SMARTS) is 1. The molecule has 4 amide bonds. The first kappa shape index (κ1) is 39.3. The van der Waals surface area contributed by atoms with Crippen LogP contribution in [0.1, 0.15) is 48.5 Å². The van der Waals surface area contributed by atoms with Gasteiger partial charge >= 0.3 is 18.0 Å². The summed E-state index contributed by atoms with van der Waals surface area (Å²) < 4.78 is 41.7. The predicted molar refractivity (Wildman–Crippen MR) is 185 cm³/mol. The zero-order valence-electron chi connectivity index (χ0n) is 27.9. The molecule has 1 aliphatic heterocycles. The maximum Gasteiger partial charge on any atom is 0.349 e. The molecule has 3 N–H and O–H groups in total. The second-order valence-electron chi connectivity index (χ2n) is 10.7. The molecular weight excluding hydrogens is 749 g/mol. The summed E-state index contributed by atoms with van der Waals surface area (Å²) in [4.78, 5) is 68.9. The Morgan fingerprint density at radius 2 is 1.62 bits per heavy atom. The van der Waals surface area contributed by atoms with Crippen molar-refractivity contribution in [1.82, 2.24) is 24.5 Å². The molecule has 0 saturated heterocycles. The highest BCUT2D eigenvalue weighted by Crippen LogP contribution is 2.37. The van der Waals surface area contributed by atoms with Crippen molar-refractivity contribution in [3.8, 4) is 11.8 Å². The van der Waals surface area contributed by atoms with Gasteiger partial charge < -0.3 is 19.3 Å². The molecule has 3 heterocycles. The second-order valence-corrected chi connectivity index (χ2v) is 13.1. The van der Waals surface area contributed by atoms with Crippen molar-refractivity contribution in [2.75, 3.05) is 31.0 Å². The molecule has 5 rings (SSSR count).